The minimum atomic E-state index is -0.103. The molecule has 1 saturated heterocycles. The van der Waals surface area contributed by atoms with Crippen LogP contribution in [0.25, 0.3) is 0 Å². The first-order chi connectivity index (χ1) is 13.0. The van der Waals surface area contributed by atoms with Crippen molar-refractivity contribution in [3.05, 3.63) is 29.8 Å². The van der Waals surface area contributed by atoms with E-state index in [1.807, 2.05) is 12.1 Å². The molecule has 0 radical (unpaired) electrons. The first-order valence-corrected chi connectivity index (χ1v) is 9.89. The van der Waals surface area contributed by atoms with Gasteiger partial charge in [-0.3, -0.25) is 4.79 Å². The van der Waals surface area contributed by atoms with Gasteiger partial charge in [0.15, 0.2) is 5.96 Å². The molecule has 1 heterocycles. The van der Waals surface area contributed by atoms with Crippen LogP contribution < -0.4 is 10.1 Å². The maximum absolute atomic E-state index is 11.7. The average molecular weight is 376 g/mol. The lowest BCUT2D eigenvalue weighted by Gasteiger charge is -2.33. The number of methoxy groups -OCH3 is 1. The lowest BCUT2D eigenvalue weighted by molar-refractivity contribution is -0.146. The summed E-state index contributed by atoms with van der Waals surface area (Å²) in [5, 5.41) is 3.33. The minimum Gasteiger partial charge on any atom is -0.492 e. The Kier molecular flexibility index (Phi) is 8.43. The molecule has 0 saturated carbocycles. The van der Waals surface area contributed by atoms with Crippen LogP contribution in [0.15, 0.2) is 29.3 Å². The Hall–Kier alpha value is -2.24. The van der Waals surface area contributed by atoms with Gasteiger partial charge < -0.3 is 19.7 Å². The Bertz CT molecular complexity index is 606. The van der Waals surface area contributed by atoms with Gasteiger partial charge in [0.25, 0.3) is 0 Å². The third kappa shape index (κ3) is 6.45. The van der Waals surface area contributed by atoms with Gasteiger partial charge in [0.2, 0.25) is 0 Å². The molecule has 0 bridgehead atoms. The van der Waals surface area contributed by atoms with E-state index in [4.69, 9.17) is 9.47 Å². The van der Waals surface area contributed by atoms with Crippen LogP contribution in [0.4, 0.5) is 0 Å². The van der Waals surface area contributed by atoms with E-state index < -0.39 is 0 Å². The Balaban J connectivity index is 1.82. The number of carbonyl (C=O) groups excluding carboxylic acids is 1. The lowest BCUT2D eigenvalue weighted by atomic mass is 9.97. The molecular formula is C21H33N3O3. The molecule has 0 aliphatic carbocycles. The highest BCUT2D eigenvalue weighted by atomic mass is 16.5. The van der Waals surface area contributed by atoms with Gasteiger partial charge in [-0.15, -0.1) is 0 Å². The van der Waals surface area contributed by atoms with Crippen molar-refractivity contribution in [2.24, 2.45) is 10.9 Å². The predicted molar refractivity (Wildman–Crippen MR) is 108 cm³/mol. The van der Waals surface area contributed by atoms with Gasteiger partial charge >= 0.3 is 5.97 Å². The van der Waals surface area contributed by atoms with Gasteiger partial charge in [-0.2, -0.15) is 0 Å². The quantitative estimate of drug-likeness (QED) is 0.343. The number of esters is 1. The topological polar surface area (TPSA) is 63.2 Å². The predicted octanol–water partition coefficient (Wildman–Crippen LogP) is 3.04. The van der Waals surface area contributed by atoms with Crippen LogP contribution in [0.2, 0.25) is 0 Å². The van der Waals surface area contributed by atoms with Crippen LogP contribution in [0.3, 0.4) is 0 Å². The normalized spacial score (nSPS) is 15.7. The molecule has 150 valence electrons. The van der Waals surface area contributed by atoms with Crippen molar-refractivity contribution < 1.29 is 14.3 Å². The first kappa shape index (κ1) is 21.1. The summed E-state index contributed by atoms with van der Waals surface area (Å²) < 4.78 is 10.7. The van der Waals surface area contributed by atoms with Crippen LogP contribution >= 0.6 is 0 Å². The van der Waals surface area contributed by atoms with Gasteiger partial charge in [-0.25, -0.2) is 4.99 Å². The highest BCUT2D eigenvalue weighted by Gasteiger charge is 2.26. The third-order valence-corrected chi connectivity index (χ3v) is 4.83. The standard InChI is InChI=1S/C21H33N3O3/c1-5-22-21(24-13-10-18(11-14-24)20(25)26-4)23-12-15-27-19-8-6-17(7-9-19)16(2)3/h6-9,16,18H,5,10-15H2,1-4H3,(H,22,23). The van der Waals surface area contributed by atoms with E-state index in [0.717, 1.165) is 44.2 Å². The summed E-state index contributed by atoms with van der Waals surface area (Å²) >= 11 is 0. The Labute approximate surface area is 162 Å². The summed E-state index contributed by atoms with van der Waals surface area (Å²) in [4.78, 5) is 18.6. The molecule has 0 aromatic heterocycles. The van der Waals surface area contributed by atoms with E-state index in [9.17, 15) is 4.79 Å². The molecule has 1 aliphatic rings. The van der Waals surface area contributed by atoms with Crippen molar-refractivity contribution in [1.82, 2.24) is 10.2 Å². The molecule has 6 nitrogen and oxygen atoms in total. The number of rotatable bonds is 7. The fraction of sp³-hybridized carbons (Fsp3) is 0.619. The molecule has 0 amide bonds. The Morgan fingerprint density at radius 2 is 1.93 bits per heavy atom. The van der Waals surface area contributed by atoms with Crippen molar-refractivity contribution in [3.8, 4) is 5.75 Å². The molecular weight excluding hydrogens is 342 g/mol. The van der Waals surface area contributed by atoms with Crippen LogP contribution in [0.1, 0.15) is 45.1 Å². The largest absolute Gasteiger partial charge is 0.492 e. The smallest absolute Gasteiger partial charge is 0.308 e. The van der Waals surface area contributed by atoms with E-state index in [0.29, 0.717) is 19.1 Å². The highest BCUT2D eigenvalue weighted by molar-refractivity contribution is 5.80. The van der Waals surface area contributed by atoms with E-state index in [1.165, 1.54) is 12.7 Å². The number of hydrogen-bond donors (Lipinski definition) is 1. The molecule has 1 aromatic rings. The fourth-order valence-corrected chi connectivity index (χ4v) is 3.18. The summed E-state index contributed by atoms with van der Waals surface area (Å²) in [6.45, 7) is 9.98. The number of carbonyl (C=O) groups is 1. The monoisotopic (exact) mass is 375 g/mol. The van der Waals surface area contributed by atoms with Crippen molar-refractivity contribution >= 4 is 11.9 Å². The number of nitrogens with one attached hydrogen (secondary N) is 1. The van der Waals surface area contributed by atoms with E-state index in [1.54, 1.807) is 0 Å². The number of piperidine rings is 1. The number of likely N-dealkylation sites (tertiary alicyclic amines) is 1. The van der Waals surface area contributed by atoms with Crippen molar-refractivity contribution in [1.29, 1.82) is 0 Å². The molecule has 0 unspecified atom stereocenters. The van der Waals surface area contributed by atoms with Crippen LogP contribution in [-0.4, -0.2) is 56.7 Å². The molecule has 1 fully saturated rings. The second-order valence-corrected chi connectivity index (χ2v) is 7.09. The number of ether oxygens (including phenoxy) is 2. The lowest BCUT2D eigenvalue weighted by Crippen LogP contribution is -2.46. The van der Waals surface area contributed by atoms with Gasteiger partial charge in [0, 0.05) is 19.6 Å². The number of hydrogen-bond acceptors (Lipinski definition) is 4. The SMILES string of the molecule is CCNC(=NCCOc1ccc(C(C)C)cc1)N1CCC(C(=O)OC)CC1. The zero-order valence-corrected chi connectivity index (χ0v) is 17.0. The summed E-state index contributed by atoms with van der Waals surface area (Å²) in [5.41, 5.74) is 1.31. The molecule has 0 atom stereocenters. The number of benzene rings is 1. The van der Waals surface area contributed by atoms with Gasteiger partial charge in [0.1, 0.15) is 12.4 Å². The molecule has 1 N–H and O–H groups in total. The highest BCUT2D eigenvalue weighted by Crippen LogP contribution is 2.19. The number of aliphatic imine (C=N–C) groups is 1. The van der Waals surface area contributed by atoms with E-state index >= 15 is 0 Å². The number of nitrogens with zero attached hydrogens (tertiary/aromatic N) is 2. The molecule has 6 heteroatoms. The second kappa shape index (κ2) is 10.8. The summed E-state index contributed by atoms with van der Waals surface area (Å²) in [6, 6.07) is 8.25. The van der Waals surface area contributed by atoms with Crippen molar-refractivity contribution in [2.45, 2.75) is 39.5 Å². The van der Waals surface area contributed by atoms with Crippen molar-refractivity contribution in [3.63, 3.8) is 0 Å². The Morgan fingerprint density at radius 3 is 2.48 bits per heavy atom. The van der Waals surface area contributed by atoms with Crippen LogP contribution in [0.5, 0.6) is 5.75 Å². The van der Waals surface area contributed by atoms with Gasteiger partial charge in [-0.1, -0.05) is 26.0 Å². The zero-order chi connectivity index (χ0) is 19.6. The van der Waals surface area contributed by atoms with Gasteiger partial charge in [-0.05, 0) is 43.4 Å². The first-order valence-electron chi connectivity index (χ1n) is 9.89. The molecule has 1 aliphatic heterocycles. The third-order valence-electron chi connectivity index (χ3n) is 4.83. The summed E-state index contributed by atoms with van der Waals surface area (Å²) in [6.07, 6.45) is 1.60. The molecule has 27 heavy (non-hydrogen) atoms. The maximum atomic E-state index is 11.7. The van der Waals surface area contributed by atoms with Crippen LogP contribution in [0, 0.1) is 5.92 Å². The zero-order valence-electron chi connectivity index (χ0n) is 17.0. The Morgan fingerprint density at radius 1 is 1.26 bits per heavy atom. The second-order valence-electron chi connectivity index (χ2n) is 7.09. The number of guanidine groups is 1. The average Bonchev–Trinajstić information content (AvgIpc) is 2.70. The maximum Gasteiger partial charge on any atom is 0.308 e. The van der Waals surface area contributed by atoms with Crippen molar-refractivity contribution in [2.75, 3.05) is 39.9 Å². The van der Waals surface area contributed by atoms with E-state index in [-0.39, 0.29) is 11.9 Å². The summed E-state index contributed by atoms with van der Waals surface area (Å²) in [5.74, 6) is 2.19. The van der Waals surface area contributed by atoms with Crippen LogP contribution in [-0.2, 0) is 9.53 Å². The molecule has 0 spiro atoms. The van der Waals surface area contributed by atoms with Gasteiger partial charge in [0.05, 0.1) is 19.6 Å². The summed E-state index contributed by atoms with van der Waals surface area (Å²) in [7, 11) is 1.45. The van der Waals surface area contributed by atoms with E-state index in [2.05, 4.69) is 48.1 Å². The minimum absolute atomic E-state index is 0.00581. The molecule has 1 aromatic carbocycles. The molecule has 2 rings (SSSR count). The fourth-order valence-electron chi connectivity index (χ4n) is 3.18.